The van der Waals surface area contributed by atoms with Gasteiger partial charge in [0.2, 0.25) is 0 Å². The molecule has 11 rings (SSSR count). The van der Waals surface area contributed by atoms with E-state index in [2.05, 4.69) is 253 Å². The van der Waals surface area contributed by atoms with Crippen molar-refractivity contribution in [3.63, 3.8) is 0 Å². The van der Waals surface area contributed by atoms with Crippen molar-refractivity contribution in [2.45, 2.75) is 106 Å². The van der Waals surface area contributed by atoms with Gasteiger partial charge in [-0.25, -0.2) is 0 Å². The van der Waals surface area contributed by atoms with Crippen LogP contribution >= 0.6 is 0 Å². The predicted molar refractivity (Wildman–Crippen MR) is 313 cm³/mol. The minimum atomic E-state index is -0.164. The first kappa shape index (κ1) is 47.1. The lowest BCUT2D eigenvalue weighted by atomic mass is 9.43. The Bertz CT molecular complexity index is 3450. The smallest absolute Gasteiger partial charge is 0.333 e. The van der Waals surface area contributed by atoms with Gasteiger partial charge in [0.05, 0.1) is 0 Å². The number of para-hydroxylation sites is 1. The van der Waals surface area contributed by atoms with E-state index in [1.807, 2.05) is 0 Å². The molecule has 3 nitrogen and oxygen atoms in total. The molecule has 0 aliphatic carbocycles. The first-order valence-electron chi connectivity index (χ1n) is 26.6. The highest BCUT2D eigenvalue weighted by atomic mass is 15.2. The molecule has 0 amide bonds. The van der Waals surface area contributed by atoms with Crippen LogP contribution in [0.3, 0.4) is 0 Å². The minimum absolute atomic E-state index is 0.0167. The summed E-state index contributed by atoms with van der Waals surface area (Å²) in [7, 11) is 0. The highest BCUT2D eigenvalue weighted by Crippen LogP contribution is 2.51. The third kappa shape index (κ3) is 8.39. The van der Waals surface area contributed by atoms with Gasteiger partial charge in [0, 0.05) is 51.1 Å². The summed E-state index contributed by atoms with van der Waals surface area (Å²) >= 11 is 0. The molecule has 2 aliphatic rings. The van der Waals surface area contributed by atoms with Crippen LogP contribution in [-0.4, -0.2) is 6.85 Å². The Morgan fingerprint density at radius 3 is 1.82 bits per heavy atom. The lowest BCUT2D eigenvalue weighted by Crippen LogP contribution is -2.61. The molecule has 358 valence electrons. The van der Waals surface area contributed by atoms with Gasteiger partial charge in [0.25, 0.3) is 0 Å². The van der Waals surface area contributed by atoms with Gasteiger partial charge in [-0.2, -0.15) is 0 Å². The molecule has 72 heavy (non-hydrogen) atoms. The Balaban J connectivity index is 1.25. The van der Waals surface area contributed by atoms with E-state index in [4.69, 9.17) is 0 Å². The summed E-state index contributed by atoms with van der Waals surface area (Å²) in [6, 6.07) is 67.8. The molecule has 9 aromatic carbocycles. The van der Waals surface area contributed by atoms with Gasteiger partial charge < -0.3 is 14.6 Å². The van der Waals surface area contributed by atoms with Crippen LogP contribution in [0.5, 0.6) is 0 Å². The fourth-order valence-corrected chi connectivity index (χ4v) is 12.0. The molecule has 9 aromatic rings. The van der Waals surface area contributed by atoms with Gasteiger partial charge in [-0.15, -0.1) is 0 Å². The molecule has 0 bridgehead atoms. The average Bonchev–Trinajstić information content (AvgIpc) is 3.38. The summed E-state index contributed by atoms with van der Waals surface area (Å²) in [6.07, 6.45) is 6.90. The summed E-state index contributed by atoms with van der Waals surface area (Å²) in [5.41, 5.74) is 26.5. The number of anilines is 8. The van der Waals surface area contributed by atoms with Crippen molar-refractivity contribution in [3.8, 4) is 22.3 Å². The Hall–Kier alpha value is -7.30. The Morgan fingerprint density at radius 1 is 0.500 bits per heavy atom. The summed E-state index contributed by atoms with van der Waals surface area (Å²) < 4.78 is 0. The predicted octanol–water partition coefficient (Wildman–Crippen LogP) is 17.9. The van der Waals surface area contributed by atoms with Gasteiger partial charge in [-0.05, 0) is 209 Å². The summed E-state index contributed by atoms with van der Waals surface area (Å²) in [6.45, 7) is 20.5. The number of nitrogens with zero attached hydrogens (tertiary/aromatic N) is 3. The molecule has 0 saturated carbocycles. The van der Waals surface area contributed by atoms with Gasteiger partial charge in [0.1, 0.15) is 0 Å². The maximum absolute atomic E-state index is 2.68. The van der Waals surface area contributed by atoms with Gasteiger partial charge in [-0.1, -0.05) is 150 Å². The van der Waals surface area contributed by atoms with E-state index < -0.39 is 0 Å². The maximum atomic E-state index is 2.68. The summed E-state index contributed by atoms with van der Waals surface area (Å²) in [4.78, 5) is 7.76. The molecule has 0 spiro atoms. The monoisotopic (exact) mass is 938 g/mol. The first-order valence-corrected chi connectivity index (χ1v) is 26.6. The van der Waals surface area contributed by atoms with E-state index in [1.54, 1.807) is 0 Å². The van der Waals surface area contributed by atoms with Crippen LogP contribution in [0, 0.1) is 27.7 Å². The average molecular weight is 938 g/mol. The van der Waals surface area contributed by atoms with Crippen LogP contribution in [0.4, 0.5) is 45.5 Å². The number of fused-ring (bicyclic) bond motifs is 6. The van der Waals surface area contributed by atoms with E-state index in [0.29, 0.717) is 0 Å². The largest absolute Gasteiger partial charge is 0.376 e. The molecule has 2 heterocycles. The Labute approximate surface area is 429 Å². The van der Waals surface area contributed by atoms with Crippen LogP contribution < -0.4 is 25.5 Å². The number of hydrogen-bond donors (Lipinski definition) is 0. The fraction of sp³-hybridized carbons (Fsp3) is 0.235. The number of rotatable bonds is 12. The quantitative estimate of drug-likeness (QED) is 0.113. The summed E-state index contributed by atoms with van der Waals surface area (Å²) in [5.74, 6) is 0. The van der Waals surface area contributed by atoms with E-state index in [0.717, 1.165) is 29.9 Å². The zero-order chi connectivity index (χ0) is 49.8. The third-order valence-corrected chi connectivity index (χ3v) is 15.5. The number of benzene rings is 9. The van der Waals surface area contributed by atoms with E-state index >= 15 is 0 Å². The van der Waals surface area contributed by atoms with E-state index in [9.17, 15) is 0 Å². The van der Waals surface area contributed by atoms with Crippen LogP contribution in [0.1, 0.15) is 99.2 Å². The van der Waals surface area contributed by atoms with E-state index in [1.165, 1.54) is 137 Å². The third-order valence-electron chi connectivity index (χ3n) is 15.5. The van der Waals surface area contributed by atoms with Gasteiger partial charge in [0.15, 0.2) is 0 Å². The molecular weight excluding hydrogens is 870 g/mol. The molecule has 0 saturated heterocycles. The maximum Gasteiger partial charge on any atom is 0.333 e. The van der Waals surface area contributed by atoms with Crippen molar-refractivity contribution < 1.29 is 0 Å². The van der Waals surface area contributed by atoms with Crippen LogP contribution in [-0.2, 0) is 18.3 Å². The van der Waals surface area contributed by atoms with E-state index in [-0.39, 0.29) is 12.3 Å². The molecule has 0 atom stereocenters. The number of unbranched alkanes of at least 4 members (excludes halogenated alkanes) is 2. The van der Waals surface area contributed by atoms with Crippen molar-refractivity contribution >= 4 is 74.0 Å². The van der Waals surface area contributed by atoms with Crippen LogP contribution in [0.2, 0.25) is 0 Å². The van der Waals surface area contributed by atoms with Crippen molar-refractivity contribution in [2.75, 3.05) is 14.6 Å². The Kier molecular flexibility index (Phi) is 12.4. The van der Waals surface area contributed by atoms with Gasteiger partial charge >= 0.3 is 6.85 Å². The van der Waals surface area contributed by atoms with Crippen molar-refractivity contribution in [1.29, 1.82) is 0 Å². The molecule has 0 radical (unpaired) electrons. The second-order valence-corrected chi connectivity index (χ2v) is 21.7. The zero-order valence-corrected chi connectivity index (χ0v) is 43.9. The zero-order valence-electron chi connectivity index (χ0n) is 43.9. The molecule has 0 N–H and O–H groups in total. The van der Waals surface area contributed by atoms with Crippen LogP contribution in [0.15, 0.2) is 176 Å². The van der Waals surface area contributed by atoms with Crippen molar-refractivity contribution in [2.24, 2.45) is 0 Å². The topological polar surface area (TPSA) is 9.72 Å². The minimum Gasteiger partial charge on any atom is -0.376 e. The number of hydrogen-bond acceptors (Lipinski definition) is 3. The lowest BCUT2D eigenvalue weighted by molar-refractivity contribution is 0.590. The normalized spacial score (nSPS) is 12.8. The summed E-state index contributed by atoms with van der Waals surface area (Å²) in [5, 5.41) is 2.51. The van der Waals surface area contributed by atoms with Gasteiger partial charge in [-0.3, -0.25) is 0 Å². The van der Waals surface area contributed by atoms with Crippen LogP contribution in [0.25, 0.3) is 33.0 Å². The standard InChI is InChI=1S/C68H68BN3/c1-10-12-19-49-25-31-55(32-26-49)70(54-22-15-14-16-23-54)57-35-38-62-60(44-57)69-67-59(66-58-24-18-17-21-51(58)28-37-63(66)72(69)56-33-29-53(30-34-56)68(7,8)9)42-52(65-47(5)39-45(3)40-48(65)6)43-64(67)71(62)61-36-27-50(20-13-11-2)41-46(61)4/h14-18,21-44H,10-13,19-20H2,1-9H3. The van der Waals surface area contributed by atoms with Crippen molar-refractivity contribution in [3.05, 3.63) is 215 Å². The highest BCUT2D eigenvalue weighted by Gasteiger charge is 2.46. The lowest BCUT2D eigenvalue weighted by Gasteiger charge is -2.47. The number of aryl methyl sites for hydroxylation is 6. The molecular formula is C68H68BN3. The molecule has 0 unspecified atom stereocenters. The van der Waals surface area contributed by atoms with Crippen molar-refractivity contribution in [1.82, 2.24) is 0 Å². The highest BCUT2D eigenvalue weighted by molar-refractivity contribution is 6.93. The Morgan fingerprint density at radius 2 is 1.12 bits per heavy atom. The molecule has 2 aliphatic heterocycles. The molecule has 4 heteroatoms. The second kappa shape index (κ2) is 19.0. The SMILES string of the molecule is CCCCc1ccc(N(c2ccccc2)c2ccc3c(c2)B2c4c(cc(-c5c(C)cc(C)cc5C)cc4N3c3ccc(CCCC)cc3C)-c3c(ccc4ccccc34)N2c2ccc(C(C)(C)C)cc2)cc1. The molecule has 0 aromatic heterocycles. The molecule has 0 fully saturated rings. The second-order valence-electron chi connectivity index (χ2n) is 21.7. The first-order chi connectivity index (χ1) is 34.9. The fourth-order valence-electron chi connectivity index (χ4n) is 12.0.